The molecule has 3 unspecified atom stereocenters. The Kier molecular flexibility index (Phi) is 10.7. The first-order valence-corrected chi connectivity index (χ1v) is 15.7. The van der Waals surface area contributed by atoms with E-state index in [1.807, 2.05) is 0 Å². The van der Waals surface area contributed by atoms with Crippen molar-refractivity contribution in [1.29, 1.82) is 0 Å². The summed E-state index contributed by atoms with van der Waals surface area (Å²) in [4.78, 5) is 33.6. The van der Waals surface area contributed by atoms with Crippen LogP contribution in [0.1, 0.15) is 63.9 Å². The van der Waals surface area contributed by atoms with E-state index in [0.29, 0.717) is 56.2 Å². The van der Waals surface area contributed by atoms with Crippen molar-refractivity contribution in [3.8, 4) is 0 Å². The molecule has 1 saturated carbocycles. The molecule has 2 aromatic rings. The maximum absolute atomic E-state index is 13.7. The van der Waals surface area contributed by atoms with Gasteiger partial charge >= 0.3 is 0 Å². The highest BCUT2D eigenvalue weighted by Crippen LogP contribution is 2.31. The molecule has 4 rings (SSSR count). The third-order valence-corrected chi connectivity index (χ3v) is 9.36. The van der Waals surface area contributed by atoms with Gasteiger partial charge < -0.3 is 20.7 Å². The molecule has 220 valence electrons. The number of thiazole rings is 1. The maximum Gasteiger partial charge on any atom is 0.247 e. The fourth-order valence-corrected chi connectivity index (χ4v) is 6.10. The van der Waals surface area contributed by atoms with Crippen LogP contribution in [0.5, 0.6) is 0 Å². The fraction of sp³-hybridized carbons (Fsp3) is 0.645. The summed E-state index contributed by atoms with van der Waals surface area (Å²) >= 11 is 1.67. The van der Waals surface area contributed by atoms with Crippen molar-refractivity contribution >= 4 is 33.4 Å². The van der Waals surface area contributed by atoms with Crippen LogP contribution in [0.15, 0.2) is 30.4 Å². The molecule has 9 heteroatoms. The molecule has 1 saturated heterocycles. The van der Waals surface area contributed by atoms with Crippen LogP contribution >= 0.6 is 11.3 Å². The molecule has 1 aromatic heterocycles. The lowest BCUT2D eigenvalue weighted by Crippen LogP contribution is -2.54. The van der Waals surface area contributed by atoms with Crippen LogP contribution in [0, 0.1) is 11.8 Å². The zero-order valence-corrected chi connectivity index (χ0v) is 25.6. The van der Waals surface area contributed by atoms with E-state index >= 15 is 0 Å². The highest BCUT2D eigenvalue weighted by molar-refractivity contribution is 7.18. The van der Waals surface area contributed by atoms with Gasteiger partial charge in [0.25, 0.3) is 0 Å². The molecule has 0 bridgehead atoms. The number of carbonyl (C=O) groups excluding carboxylic acids is 2. The summed E-state index contributed by atoms with van der Waals surface area (Å²) < 4.78 is 6.56. The maximum atomic E-state index is 13.7. The van der Waals surface area contributed by atoms with Crippen molar-refractivity contribution in [3.63, 3.8) is 0 Å². The van der Waals surface area contributed by atoms with Gasteiger partial charge in [0.15, 0.2) is 0 Å². The molecule has 0 spiro atoms. The summed E-state index contributed by atoms with van der Waals surface area (Å²) in [5.41, 5.74) is 2.82. The summed E-state index contributed by atoms with van der Waals surface area (Å²) in [5, 5.41) is 10.9. The molecular weight excluding hydrogens is 522 g/mol. The normalized spacial score (nSPS) is 21.6. The summed E-state index contributed by atoms with van der Waals surface area (Å²) in [6.07, 6.45) is 2.52. The van der Waals surface area contributed by atoms with E-state index < -0.39 is 0 Å². The fourth-order valence-electron chi connectivity index (χ4n) is 5.04. The van der Waals surface area contributed by atoms with Gasteiger partial charge in [-0.15, -0.1) is 11.3 Å². The Labute approximate surface area is 243 Å². The van der Waals surface area contributed by atoms with E-state index in [1.165, 1.54) is 5.56 Å². The molecular formula is C31H47N5O3S. The van der Waals surface area contributed by atoms with Gasteiger partial charge in [-0.3, -0.25) is 14.5 Å². The Hall–Kier alpha value is -2.33. The standard InChI is InChI=1S/C31H47N5O3S/c1-7-20(4)27(17-32-30(37)22(6)18-36-10-12-39-13-11-36)35-31(38)26(33-25-14-21(25)5)16-29-34-24-9-8-23(19(2)3)15-28(24)40-29/h8-9,15,19-21,25-27,33H,6-7,10-14,16-18H2,1-5H3,(H,32,37)(H,35,38)/t20-,21?,25?,26-,27?/m0/s1. The molecule has 2 aliphatic rings. The molecule has 5 atom stereocenters. The molecule has 1 aliphatic carbocycles. The summed E-state index contributed by atoms with van der Waals surface area (Å²) in [6.45, 7) is 18.7. The zero-order valence-electron chi connectivity index (χ0n) is 24.8. The predicted molar refractivity (Wildman–Crippen MR) is 163 cm³/mol. The lowest BCUT2D eigenvalue weighted by molar-refractivity contribution is -0.125. The number of morpholine rings is 1. The van der Waals surface area contributed by atoms with Crippen LogP contribution in [-0.2, 0) is 20.7 Å². The molecule has 2 amide bonds. The third kappa shape index (κ3) is 8.35. The van der Waals surface area contributed by atoms with Crippen LogP contribution < -0.4 is 16.0 Å². The first-order chi connectivity index (χ1) is 19.1. The molecule has 2 fully saturated rings. The van der Waals surface area contributed by atoms with Crippen molar-refractivity contribution in [2.45, 2.75) is 77.9 Å². The SMILES string of the molecule is C=C(CN1CCOCC1)C(=O)NCC(NC(=O)[C@H](Cc1nc2ccc(C(C)C)cc2s1)NC1CC1C)[C@@H](C)CC. The van der Waals surface area contributed by atoms with Gasteiger partial charge in [0, 0.05) is 50.3 Å². The Balaban J connectivity index is 1.39. The van der Waals surface area contributed by atoms with Gasteiger partial charge in [0.05, 0.1) is 34.5 Å². The number of carbonyl (C=O) groups is 2. The van der Waals surface area contributed by atoms with Crippen LogP contribution in [-0.4, -0.2) is 79.2 Å². The van der Waals surface area contributed by atoms with E-state index in [2.05, 4.69) is 80.2 Å². The second-order valence-corrected chi connectivity index (χ2v) is 13.1. The lowest BCUT2D eigenvalue weighted by atomic mass is 9.98. The minimum atomic E-state index is -0.376. The minimum absolute atomic E-state index is 0.0343. The highest BCUT2D eigenvalue weighted by atomic mass is 32.1. The molecule has 8 nitrogen and oxygen atoms in total. The van der Waals surface area contributed by atoms with Crippen molar-refractivity contribution in [2.24, 2.45) is 11.8 Å². The van der Waals surface area contributed by atoms with Crippen molar-refractivity contribution in [3.05, 3.63) is 40.9 Å². The van der Waals surface area contributed by atoms with E-state index in [9.17, 15) is 9.59 Å². The number of hydrogen-bond donors (Lipinski definition) is 3. The van der Waals surface area contributed by atoms with Gasteiger partial charge in [-0.05, 0) is 41.9 Å². The first-order valence-electron chi connectivity index (χ1n) is 14.9. The second-order valence-electron chi connectivity index (χ2n) is 11.9. The van der Waals surface area contributed by atoms with Gasteiger partial charge in [-0.25, -0.2) is 4.98 Å². The summed E-state index contributed by atoms with van der Waals surface area (Å²) in [7, 11) is 0. The number of ether oxygens (including phenoxy) is 1. The molecule has 2 heterocycles. The molecule has 0 radical (unpaired) electrons. The van der Waals surface area contributed by atoms with Crippen LogP contribution in [0.25, 0.3) is 10.2 Å². The molecule has 3 N–H and O–H groups in total. The van der Waals surface area contributed by atoms with Crippen LogP contribution in [0.4, 0.5) is 0 Å². The topological polar surface area (TPSA) is 95.6 Å². The molecule has 1 aromatic carbocycles. The third-order valence-electron chi connectivity index (χ3n) is 8.32. The minimum Gasteiger partial charge on any atom is -0.379 e. The Morgan fingerprint density at radius 1 is 1.23 bits per heavy atom. The Bertz CT molecular complexity index is 1170. The van der Waals surface area contributed by atoms with E-state index in [0.717, 1.165) is 41.2 Å². The number of aromatic nitrogens is 1. The number of nitrogens with zero attached hydrogens (tertiary/aromatic N) is 2. The molecule has 1 aliphatic heterocycles. The van der Waals surface area contributed by atoms with Crippen LogP contribution in [0.2, 0.25) is 0 Å². The first kappa shape index (κ1) is 30.6. The smallest absolute Gasteiger partial charge is 0.247 e. The van der Waals surface area contributed by atoms with Crippen LogP contribution in [0.3, 0.4) is 0 Å². The van der Waals surface area contributed by atoms with Gasteiger partial charge in [0.2, 0.25) is 11.8 Å². The zero-order chi connectivity index (χ0) is 28.8. The lowest BCUT2D eigenvalue weighted by Gasteiger charge is -2.29. The van der Waals surface area contributed by atoms with Gasteiger partial charge in [0.1, 0.15) is 0 Å². The Morgan fingerprint density at radius 3 is 2.60 bits per heavy atom. The van der Waals surface area contributed by atoms with E-state index in [1.54, 1.807) is 11.3 Å². The predicted octanol–water partition coefficient (Wildman–Crippen LogP) is 3.86. The largest absolute Gasteiger partial charge is 0.379 e. The number of amides is 2. The van der Waals surface area contributed by atoms with Gasteiger partial charge in [-0.1, -0.05) is 53.7 Å². The average molecular weight is 570 g/mol. The van der Waals surface area contributed by atoms with E-state index in [-0.39, 0.29) is 29.8 Å². The van der Waals surface area contributed by atoms with Crippen molar-refractivity contribution in [2.75, 3.05) is 39.4 Å². The highest BCUT2D eigenvalue weighted by Gasteiger charge is 2.37. The summed E-state index contributed by atoms with van der Waals surface area (Å²) in [5.74, 6) is 1.04. The Morgan fingerprint density at radius 2 is 1.95 bits per heavy atom. The summed E-state index contributed by atoms with van der Waals surface area (Å²) in [6, 6.07) is 6.25. The molecule has 40 heavy (non-hydrogen) atoms. The number of fused-ring (bicyclic) bond motifs is 1. The van der Waals surface area contributed by atoms with Gasteiger partial charge in [-0.2, -0.15) is 0 Å². The van der Waals surface area contributed by atoms with E-state index in [4.69, 9.17) is 9.72 Å². The number of benzene rings is 1. The number of nitrogens with one attached hydrogen (secondary N) is 3. The number of hydrogen-bond acceptors (Lipinski definition) is 7. The monoisotopic (exact) mass is 569 g/mol. The van der Waals surface area contributed by atoms with Crippen molar-refractivity contribution in [1.82, 2.24) is 25.8 Å². The average Bonchev–Trinajstić information content (AvgIpc) is 3.48. The second kappa shape index (κ2) is 14.0. The van der Waals surface area contributed by atoms with Crippen molar-refractivity contribution < 1.29 is 14.3 Å². The number of rotatable bonds is 14. The quantitative estimate of drug-likeness (QED) is 0.299.